The van der Waals surface area contributed by atoms with E-state index >= 15 is 0 Å². The third-order valence-corrected chi connectivity index (χ3v) is 12.1. The van der Waals surface area contributed by atoms with Gasteiger partial charge in [0.05, 0.1) is 14.2 Å². The van der Waals surface area contributed by atoms with Gasteiger partial charge in [-0.15, -0.1) is 0 Å². The van der Waals surface area contributed by atoms with Gasteiger partial charge in [-0.3, -0.25) is 4.79 Å². The zero-order chi connectivity index (χ0) is 25.6. The Morgan fingerprint density at radius 1 is 1.09 bits per heavy atom. The minimum atomic E-state index is -2.36. The summed E-state index contributed by atoms with van der Waals surface area (Å²) in [4.78, 5) is 15.5. The number of amides is 1. The van der Waals surface area contributed by atoms with Gasteiger partial charge in [-0.1, -0.05) is 50.8 Å². The van der Waals surface area contributed by atoms with Crippen molar-refractivity contribution in [3.05, 3.63) is 59.2 Å². The Kier molecular flexibility index (Phi) is 6.52. The summed E-state index contributed by atoms with van der Waals surface area (Å²) >= 11 is 0. The number of hydrogen-bond donors (Lipinski definition) is 1. The number of carbonyl (C=O) groups is 1. The molecule has 1 saturated heterocycles. The number of methoxy groups -OCH3 is 2. The Balaban J connectivity index is 1.92. The van der Waals surface area contributed by atoms with Crippen LogP contribution in [0.15, 0.2) is 42.5 Å². The van der Waals surface area contributed by atoms with Crippen LogP contribution in [0.5, 0.6) is 11.5 Å². The number of nitrogens with zero attached hydrogens (tertiary/aromatic N) is 1. The van der Waals surface area contributed by atoms with Crippen LogP contribution in [0.25, 0.3) is 0 Å². The minimum Gasteiger partial charge on any atom is -0.493 e. The second-order valence-electron chi connectivity index (χ2n) is 10.7. The summed E-state index contributed by atoms with van der Waals surface area (Å²) in [7, 11) is 0.813. The minimum absolute atomic E-state index is 0.118. The fourth-order valence-electron chi connectivity index (χ4n) is 4.65. The van der Waals surface area contributed by atoms with Gasteiger partial charge in [0.25, 0.3) is 5.91 Å². The third-order valence-electron chi connectivity index (χ3n) is 7.67. The van der Waals surface area contributed by atoms with Gasteiger partial charge in [0.2, 0.25) is 0 Å². The predicted molar refractivity (Wildman–Crippen MR) is 138 cm³/mol. The molecule has 4 rings (SSSR count). The molecule has 0 saturated carbocycles. The molecule has 6 nitrogen and oxygen atoms in total. The Labute approximate surface area is 209 Å². The molecular weight excluding hydrogens is 458 g/mol. The van der Waals surface area contributed by atoms with Crippen LogP contribution in [0.4, 0.5) is 0 Å². The Hall–Kier alpha value is -2.79. The first-order valence-corrected chi connectivity index (χ1v) is 14.9. The lowest BCUT2D eigenvalue weighted by Crippen LogP contribution is -2.52. The molecule has 2 heterocycles. The molecule has 186 valence electrons. The Morgan fingerprint density at radius 2 is 1.71 bits per heavy atom. The smallest absolute Gasteiger partial charge is 0.254 e. The van der Waals surface area contributed by atoms with Gasteiger partial charge in [0, 0.05) is 12.1 Å². The predicted octanol–water partition coefficient (Wildman–Crippen LogP) is 4.10. The molecule has 1 fully saturated rings. The highest BCUT2D eigenvalue weighted by Crippen LogP contribution is 2.49. The van der Waals surface area contributed by atoms with Crippen molar-refractivity contribution in [1.82, 2.24) is 4.90 Å². The van der Waals surface area contributed by atoms with E-state index in [1.807, 2.05) is 42.5 Å². The first-order chi connectivity index (χ1) is 16.5. The Bertz CT molecular complexity index is 1180. The van der Waals surface area contributed by atoms with Crippen LogP contribution < -0.4 is 9.47 Å². The van der Waals surface area contributed by atoms with E-state index in [1.54, 1.807) is 19.1 Å². The average molecular weight is 494 g/mol. The summed E-state index contributed by atoms with van der Waals surface area (Å²) in [6, 6.07) is 13.4. The molecule has 0 spiro atoms. The second kappa shape index (κ2) is 9.01. The number of hydrogen-bond acceptors (Lipinski definition) is 5. The van der Waals surface area contributed by atoms with Crippen LogP contribution >= 0.6 is 0 Å². The number of fused-ring (bicyclic) bond motifs is 3. The van der Waals surface area contributed by atoms with E-state index in [9.17, 15) is 9.90 Å². The number of aliphatic hydroxyl groups excluding tert-OH is 1. The SMILES string of the molecule is COc1cc2c(cc1OC)[C@@]1(C#Cc3ccccc3)[C@H](O)[C@@H](O[Si](C)(C)C(C)(C)C)C(=O)N1CC2. The molecule has 2 aliphatic rings. The molecule has 3 atom stereocenters. The highest BCUT2D eigenvalue weighted by Gasteiger charge is 2.62. The lowest BCUT2D eigenvalue weighted by molar-refractivity contribution is -0.136. The van der Waals surface area contributed by atoms with Crippen LogP contribution in [-0.4, -0.2) is 57.2 Å². The summed E-state index contributed by atoms with van der Waals surface area (Å²) < 4.78 is 17.7. The van der Waals surface area contributed by atoms with Gasteiger partial charge in [0.1, 0.15) is 6.10 Å². The van der Waals surface area contributed by atoms with Crippen molar-refractivity contribution in [2.75, 3.05) is 20.8 Å². The highest BCUT2D eigenvalue weighted by atomic mass is 28.4. The molecule has 7 heteroatoms. The van der Waals surface area contributed by atoms with Gasteiger partial charge in [0.15, 0.2) is 31.5 Å². The van der Waals surface area contributed by atoms with Crippen LogP contribution in [0, 0.1) is 11.8 Å². The van der Waals surface area contributed by atoms with Crippen LogP contribution in [-0.2, 0) is 21.2 Å². The van der Waals surface area contributed by atoms with Gasteiger partial charge < -0.3 is 23.9 Å². The number of benzene rings is 2. The topological polar surface area (TPSA) is 68.2 Å². The average Bonchev–Trinajstić information content (AvgIpc) is 3.03. The fraction of sp³-hybridized carbons (Fsp3) is 0.464. The maximum absolute atomic E-state index is 13.8. The van der Waals surface area contributed by atoms with Gasteiger partial charge in [-0.05, 0) is 59.9 Å². The lowest BCUT2D eigenvalue weighted by atomic mass is 9.78. The molecule has 2 aromatic rings. The highest BCUT2D eigenvalue weighted by molar-refractivity contribution is 6.74. The molecule has 35 heavy (non-hydrogen) atoms. The molecular formula is C28H35NO5Si. The summed E-state index contributed by atoms with van der Waals surface area (Å²) in [5, 5.41) is 11.8. The third kappa shape index (κ3) is 4.14. The standard InChI is InChI=1S/C28H35NO5Si/c1-27(2,3)35(6,7)34-24-25(30)28(15-13-19-11-9-8-10-12-19)21-18-23(33-5)22(32-4)17-20(21)14-16-29(28)26(24)31/h8-12,17-18,24-25,30H,14,16H2,1-7H3/t24-,25-,28+/m1/s1. The van der Waals surface area contributed by atoms with Crippen molar-refractivity contribution in [1.29, 1.82) is 0 Å². The normalized spacial score (nSPS) is 23.8. The van der Waals surface area contributed by atoms with Crippen LogP contribution in [0.1, 0.15) is 37.5 Å². The largest absolute Gasteiger partial charge is 0.493 e. The molecule has 1 N–H and O–H groups in total. The van der Waals surface area contributed by atoms with E-state index in [4.69, 9.17) is 13.9 Å². The maximum atomic E-state index is 13.8. The summed E-state index contributed by atoms with van der Waals surface area (Å²) in [5.41, 5.74) is 1.28. The van der Waals surface area contributed by atoms with Crippen molar-refractivity contribution >= 4 is 14.2 Å². The molecule has 0 radical (unpaired) electrons. The van der Waals surface area contributed by atoms with E-state index in [2.05, 4.69) is 45.7 Å². The fourth-order valence-corrected chi connectivity index (χ4v) is 5.87. The summed E-state index contributed by atoms with van der Waals surface area (Å²) in [5.74, 6) is 7.49. The molecule has 0 bridgehead atoms. The van der Waals surface area contributed by atoms with E-state index in [1.165, 1.54) is 0 Å². The van der Waals surface area contributed by atoms with Crippen molar-refractivity contribution in [3.8, 4) is 23.3 Å². The van der Waals surface area contributed by atoms with Crippen LogP contribution in [0.2, 0.25) is 18.1 Å². The zero-order valence-electron chi connectivity index (χ0n) is 21.6. The number of aliphatic hydroxyl groups is 1. The van der Waals surface area contributed by atoms with Gasteiger partial charge in [-0.2, -0.15) is 0 Å². The first kappa shape index (κ1) is 25.3. The lowest BCUT2D eigenvalue weighted by Gasteiger charge is -2.42. The van der Waals surface area contributed by atoms with Gasteiger partial charge in [-0.25, -0.2) is 0 Å². The number of carbonyl (C=O) groups excluding carboxylic acids is 1. The molecule has 2 aromatic carbocycles. The van der Waals surface area contributed by atoms with E-state index in [0.29, 0.717) is 24.5 Å². The van der Waals surface area contributed by atoms with E-state index < -0.39 is 26.1 Å². The maximum Gasteiger partial charge on any atom is 0.254 e. The molecule has 2 aliphatic heterocycles. The molecule has 0 aliphatic carbocycles. The van der Waals surface area contributed by atoms with Crippen molar-refractivity contribution in [2.24, 2.45) is 0 Å². The molecule has 0 aromatic heterocycles. The monoisotopic (exact) mass is 493 g/mol. The molecule has 0 unspecified atom stereocenters. The van der Waals surface area contributed by atoms with Crippen LogP contribution in [0.3, 0.4) is 0 Å². The van der Waals surface area contributed by atoms with E-state index in [-0.39, 0.29) is 10.9 Å². The summed E-state index contributed by atoms with van der Waals surface area (Å²) in [6.07, 6.45) is -1.53. The first-order valence-electron chi connectivity index (χ1n) is 12.0. The Morgan fingerprint density at radius 3 is 2.31 bits per heavy atom. The molecule has 1 amide bonds. The van der Waals surface area contributed by atoms with Crippen molar-refractivity contribution < 1.29 is 23.8 Å². The quantitative estimate of drug-likeness (QED) is 0.513. The number of rotatable bonds is 4. The van der Waals surface area contributed by atoms with Crippen molar-refractivity contribution in [3.63, 3.8) is 0 Å². The summed E-state index contributed by atoms with van der Waals surface area (Å²) in [6.45, 7) is 11.0. The zero-order valence-corrected chi connectivity index (χ0v) is 22.6. The van der Waals surface area contributed by atoms with E-state index in [0.717, 1.165) is 16.7 Å². The number of ether oxygens (including phenoxy) is 2. The second-order valence-corrected chi connectivity index (χ2v) is 15.5. The van der Waals surface area contributed by atoms with Crippen molar-refractivity contribution in [2.45, 2.75) is 63.1 Å². The van der Waals surface area contributed by atoms with Gasteiger partial charge >= 0.3 is 0 Å².